The Hall–Kier alpha value is -2.60. The third-order valence-corrected chi connectivity index (χ3v) is 3.57. The molecule has 1 aromatic heterocycles. The lowest BCUT2D eigenvalue weighted by atomic mass is 10.2. The van der Waals surface area contributed by atoms with E-state index < -0.39 is 0 Å². The number of carbonyl (C=O) groups excluding carboxylic acids is 2. The minimum Gasteiger partial charge on any atom is -0.487 e. The molecule has 0 saturated heterocycles. The monoisotopic (exact) mass is 328 g/mol. The van der Waals surface area contributed by atoms with Crippen molar-refractivity contribution in [3.63, 3.8) is 0 Å². The van der Waals surface area contributed by atoms with Crippen molar-refractivity contribution >= 4 is 29.4 Å². The highest BCUT2D eigenvalue weighted by Gasteiger charge is 2.07. The van der Waals surface area contributed by atoms with Gasteiger partial charge in [0.2, 0.25) is 0 Å². The first-order valence-corrected chi connectivity index (χ1v) is 7.77. The van der Waals surface area contributed by atoms with Gasteiger partial charge in [-0.2, -0.15) is 0 Å². The number of amides is 1. The van der Waals surface area contributed by atoms with E-state index in [1.54, 1.807) is 12.3 Å². The maximum absolute atomic E-state index is 11.6. The Bertz CT molecular complexity index is 685. The van der Waals surface area contributed by atoms with Crippen LogP contribution >= 0.6 is 11.8 Å². The summed E-state index contributed by atoms with van der Waals surface area (Å²) in [6.45, 7) is 0.389. The third-order valence-electron chi connectivity index (χ3n) is 2.92. The fourth-order valence-electron chi connectivity index (χ4n) is 1.78. The zero-order chi connectivity index (χ0) is 16.5. The van der Waals surface area contributed by atoms with Crippen LogP contribution < -0.4 is 10.1 Å². The number of hydrogen-bond acceptors (Lipinski definition) is 5. The number of rotatable bonds is 7. The Morgan fingerprint density at radius 2 is 2.04 bits per heavy atom. The lowest BCUT2D eigenvalue weighted by molar-refractivity contribution is -0.116. The van der Waals surface area contributed by atoms with E-state index in [0.29, 0.717) is 22.9 Å². The second-order valence-corrected chi connectivity index (χ2v) is 5.35. The highest BCUT2D eigenvalue weighted by Crippen LogP contribution is 2.20. The minimum atomic E-state index is -0.294. The van der Waals surface area contributed by atoms with Crippen LogP contribution in [0.4, 0.5) is 0 Å². The Kier molecular flexibility index (Phi) is 6.38. The molecule has 0 saturated carbocycles. The molecule has 1 aromatic carbocycles. The predicted octanol–water partition coefficient (Wildman–Crippen LogP) is 2.67. The maximum atomic E-state index is 11.6. The Morgan fingerprint density at radius 1 is 1.26 bits per heavy atom. The van der Waals surface area contributed by atoms with Crippen LogP contribution in [0, 0.1) is 0 Å². The third kappa shape index (κ3) is 5.27. The van der Waals surface area contributed by atoms with E-state index in [-0.39, 0.29) is 5.91 Å². The normalized spacial score (nSPS) is 10.9. The van der Waals surface area contributed by atoms with E-state index in [2.05, 4.69) is 10.3 Å². The molecule has 118 valence electrons. The minimum absolute atomic E-state index is 0.294. The second kappa shape index (κ2) is 8.75. The largest absolute Gasteiger partial charge is 0.487 e. The van der Waals surface area contributed by atoms with E-state index in [1.165, 1.54) is 7.05 Å². The SMILES string of the molecule is CNC(=O)/C(=C/c1ccc(OCc2ccccn2)cc1)SC=O. The Morgan fingerprint density at radius 3 is 2.65 bits per heavy atom. The van der Waals surface area contributed by atoms with Gasteiger partial charge in [-0.15, -0.1) is 0 Å². The van der Waals surface area contributed by atoms with E-state index in [9.17, 15) is 9.59 Å². The van der Waals surface area contributed by atoms with Gasteiger partial charge in [0.15, 0.2) is 5.62 Å². The summed E-state index contributed by atoms with van der Waals surface area (Å²) in [6, 6.07) is 12.9. The molecular formula is C17H16N2O3S. The van der Waals surface area contributed by atoms with Gasteiger partial charge in [-0.1, -0.05) is 18.2 Å². The summed E-state index contributed by atoms with van der Waals surface area (Å²) in [6.07, 6.45) is 3.37. The number of carbonyl (C=O) groups is 2. The molecule has 0 bridgehead atoms. The van der Waals surface area contributed by atoms with Crippen molar-refractivity contribution in [3.05, 3.63) is 64.8 Å². The van der Waals surface area contributed by atoms with Gasteiger partial charge >= 0.3 is 0 Å². The van der Waals surface area contributed by atoms with Gasteiger partial charge < -0.3 is 10.1 Å². The summed E-state index contributed by atoms with van der Waals surface area (Å²) in [5, 5.41) is 2.50. The number of ether oxygens (including phenoxy) is 1. The van der Waals surface area contributed by atoms with E-state index >= 15 is 0 Å². The molecule has 1 amide bonds. The Labute approximate surface area is 138 Å². The summed E-state index contributed by atoms with van der Waals surface area (Å²) < 4.78 is 5.64. The number of likely N-dealkylation sites (N-methyl/N-ethyl adjacent to an activating group) is 1. The van der Waals surface area contributed by atoms with Crippen LogP contribution in [0.2, 0.25) is 0 Å². The number of pyridine rings is 1. The summed E-state index contributed by atoms with van der Waals surface area (Å²) >= 11 is 0.845. The lowest BCUT2D eigenvalue weighted by Crippen LogP contribution is -2.18. The number of nitrogens with one attached hydrogen (secondary N) is 1. The lowest BCUT2D eigenvalue weighted by Gasteiger charge is -2.06. The molecule has 2 rings (SSSR count). The van der Waals surface area contributed by atoms with Crippen molar-refractivity contribution in [1.29, 1.82) is 0 Å². The smallest absolute Gasteiger partial charge is 0.257 e. The molecule has 5 nitrogen and oxygen atoms in total. The van der Waals surface area contributed by atoms with Crippen molar-refractivity contribution in [2.24, 2.45) is 0 Å². The summed E-state index contributed by atoms with van der Waals surface area (Å²) in [4.78, 5) is 26.8. The van der Waals surface area contributed by atoms with Crippen LogP contribution in [0.3, 0.4) is 0 Å². The van der Waals surface area contributed by atoms with Crippen molar-refractivity contribution < 1.29 is 14.3 Å². The highest BCUT2D eigenvalue weighted by atomic mass is 32.2. The topological polar surface area (TPSA) is 68.3 Å². The highest BCUT2D eigenvalue weighted by molar-refractivity contribution is 8.16. The van der Waals surface area contributed by atoms with Crippen LogP contribution in [0.1, 0.15) is 11.3 Å². The van der Waals surface area contributed by atoms with Gasteiger partial charge in [0.25, 0.3) is 5.91 Å². The zero-order valence-corrected chi connectivity index (χ0v) is 13.4. The molecule has 1 heterocycles. The van der Waals surface area contributed by atoms with Crippen LogP contribution in [0.15, 0.2) is 53.6 Å². The standard InChI is InChI=1S/C17H16N2O3S/c1-18-17(21)16(23-12-20)10-13-5-7-15(8-6-13)22-11-14-4-2-3-9-19-14/h2-10,12H,11H2,1H3,(H,18,21)/b16-10-. The molecule has 0 spiro atoms. The van der Waals surface area contributed by atoms with E-state index in [0.717, 1.165) is 23.0 Å². The molecule has 0 aliphatic heterocycles. The van der Waals surface area contributed by atoms with Crippen molar-refractivity contribution in [2.45, 2.75) is 6.61 Å². The number of thioether (sulfide) groups is 1. The summed E-state index contributed by atoms with van der Waals surface area (Å²) in [5.41, 5.74) is 2.29. The average molecular weight is 328 g/mol. The fraction of sp³-hybridized carbons (Fsp3) is 0.118. The average Bonchev–Trinajstić information content (AvgIpc) is 2.61. The Balaban J connectivity index is 2.03. The van der Waals surface area contributed by atoms with Gasteiger partial charge in [0.1, 0.15) is 12.4 Å². The molecule has 2 aromatic rings. The number of benzene rings is 1. The van der Waals surface area contributed by atoms with E-state index in [4.69, 9.17) is 4.74 Å². The number of aromatic nitrogens is 1. The molecule has 1 N–H and O–H groups in total. The zero-order valence-electron chi connectivity index (χ0n) is 12.6. The number of nitrogens with zero attached hydrogens (tertiary/aromatic N) is 1. The molecular weight excluding hydrogens is 312 g/mol. The first-order valence-electron chi connectivity index (χ1n) is 6.90. The van der Waals surface area contributed by atoms with Crippen LogP contribution in [0.25, 0.3) is 6.08 Å². The molecule has 0 aliphatic carbocycles. The van der Waals surface area contributed by atoms with Crippen molar-refractivity contribution in [1.82, 2.24) is 10.3 Å². The van der Waals surface area contributed by atoms with Gasteiger partial charge in [-0.25, -0.2) is 0 Å². The predicted molar refractivity (Wildman–Crippen MR) is 91.4 cm³/mol. The van der Waals surface area contributed by atoms with Gasteiger partial charge in [0, 0.05) is 13.2 Å². The van der Waals surface area contributed by atoms with E-state index in [1.807, 2.05) is 42.5 Å². The summed E-state index contributed by atoms with van der Waals surface area (Å²) in [7, 11) is 1.52. The van der Waals surface area contributed by atoms with Gasteiger partial charge in [-0.05, 0) is 47.7 Å². The van der Waals surface area contributed by atoms with Crippen LogP contribution in [0.5, 0.6) is 5.75 Å². The molecule has 23 heavy (non-hydrogen) atoms. The molecule has 0 aliphatic rings. The van der Waals surface area contributed by atoms with Gasteiger partial charge in [-0.3, -0.25) is 14.6 Å². The maximum Gasteiger partial charge on any atom is 0.257 e. The molecule has 0 fully saturated rings. The fourth-order valence-corrected chi connectivity index (χ4v) is 2.30. The molecule has 0 unspecified atom stereocenters. The van der Waals surface area contributed by atoms with Crippen LogP contribution in [-0.2, 0) is 16.2 Å². The molecule has 0 atom stereocenters. The number of hydrogen-bond donors (Lipinski definition) is 1. The van der Waals surface area contributed by atoms with Crippen molar-refractivity contribution in [2.75, 3.05) is 7.05 Å². The molecule has 0 radical (unpaired) electrons. The first-order chi connectivity index (χ1) is 11.2. The second-order valence-electron chi connectivity index (χ2n) is 4.48. The molecule has 6 heteroatoms. The van der Waals surface area contributed by atoms with Crippen molar-refractivity contribution in [3.8, 4) is 5.75 Å². The summed E-state index contributed by atoms with van der Waals surface area (Å²) in [5.74, 6) is 0.412. The van der Waals surface area contributed by atoms with Crippen LogP contribution in [-0.4, -0.2) is 23.6 Å². The first kappa shape index (κ1) is 16.8. The van der Waals surface area contributed by atoms with Gasteiger partial charge in [0.05, 0.1) is 10.6 Å². The quantitative estimate of drug-likeness (QED) is 0.625.